The number of aryl methyl sites for hydroxylation is 1. The Bertz CT molecular complexity index is 976. The molecular formula is C14H16ClN9O3. The standard InChI is InChI=1S/C14H16ClN9O3/c1-3-21-6-10(15)12(18-21)7-20(2)13(25)11-4-5-22(17-11)9-23-8-16-14(19-23)24(26)27/h4-6,8H,3,7,9H2,1-2H3. The summed E-state index contributed by atoms with van der Waals surface area (Å²) < 4.78 is 4.38. The highest BCUT2D eigenvalue weighted by molar-refractivity contribution is 6.31. The molecular weight excluding hydrogens is 378 g/mol. The summed E-state index contributed by atoms with van der Waals surface area (Å²) in [5.41, 5.74) is 0.821. The maximum Gasteiger partial charge on any atom is 0.491 e. The lowest BCUT2D eigenvalue weighted by Crippen LogP contribution is -2.27. The van der Waals surface area contributed by atoms with Gasteiger partial charge in [-0.05, 0) is 17.9 Å². The molecule has 0 aliphatic carbocycles. The second-order valence-corrected chi connectivity index (χ2v) is 6.07. The second-order valence-electron chi connectivity index (χ2n) is 5.66. The number of nitrogens with zero attached hydrogens (tertiary/aromatic N) is 9. The molecule has 0 radical (unpaired) electrons. The molecule has 0 atom stereocenters. The predicted octanol–water partition coefficient (Wildman–Crippen LogP) is 1.03. The minimum Gasteiger partial charge on any atom is -0.390 e. The molecule has 12 nitrogen and oxygen atoms in total. The van der Waals surface area contributed by atoms with Crippen LogP contribution in [0.1, 0.15) is 23.1 Å². The molecule has 0 fully saturated rings. The molecule has 3 rings (SSSR count). The van der Waals surface area contributed by atoms with Gasteiger partial charge in [-0.3, -0.25) is 9.48 Å². The molecule has 1 amide bonds. The third kappa shape index (κ3) is 4.11. The van der Waals surface area contributed by atoms with Crippen LogP contribution in [-0.2, 0) is 19.8 Å². The van der Waals surface area contributed by atoms with Crippen LogP contribution in [0.4, 0.5) is 5.95 Å². The van der Waals surface area contributed by atoms with Crippen LogP contribution in [0.15, 0.2) is 24.8 Å². The van der Waals surface area contributed by atoms with Gasteiger partial charge < -0.3 is 15.0 Å². The van der Waals surface area contributed by atoms with E-state index in [1.165, 1.54) is 20.6 Å². The Kier molecular flexibility index (Phi) is 5.16. The zero-order valence-electron chi connectivity index (χ0n) is 14.6. The first-order chi connectivity index (χ1) is 12.9. The maximum absolute atomic E-state index is 12.5. The van der Waals surface area contributed by atoms with Gasteiger partial charge in [0, 0.05) is 31.1 Å². The lowest BCUT2D eigenvalue weighted by Gasteiger charge is -2.14. The number of rotatable bonds is 7. The summed E-state index contributed by atoms with van der Waals surface area (Å²) >= 11 is 6.13. The van der Waals surface area contributed by atoms with E-state index in [9.17, 15) is 14.9 Å². The zero-order chi connectivity index (χ0) is 19.6. The first-order valence-electron chi connectivity index (χ1n) is 7.92. The van der Waals surface area contributed by atoms with E-state index in [1.54, 1.807) is 30.2 Å². The third-order valence-electron chi connectivity index (χ3n) is 3.68. The molecule has 0 N–H and O–H groups in total. The van der Waals surface area contributed by atoms with Crippen molar-refractivity contribution >= 4 is 23.5 Å². The van der Waals surface area contributed by atoms with Crippen molar-refractivity contribution in [3.8, 4) is 0 Å². The van der Waals surface area contributed by atoms with E-state index in [0.717, 1.165) is 0 Å². The van der Waals surface area contributed by atoms with Crippen LogP contribution >= 0.6 is 11.6 Å². The van der Waals surface area contributed by atoms with Gasteiger partial charge in [0.1, 0.15) is 11.4 Å². The van der Waals surface area contributed by atoms with Gasteiger partial charge in [-0.2, -0.15) is 14.9 Å². The SMILES string of the molecule is CCn1cc(Cl)c(CN(C)C(=O)c2ccn(Cn3cnc([N+](=O)[O-])n3)n2)n1. The van der Waals surface area contributed by atoms with Crippen LogP contribution in [0.5, 0.6) is 0 Å². The smallest absolute Gasteiger partial charge is 0.390 e. The number of hydrogen-bond acceptors (Lipinski definition) is 7. The van der Waals surface area contributed by atoms with Crippen LogP contribution in [0, 0.1) is 10.1 Å². The molecule has 0 aromatic carbocycles. The van der Waals surface area contributed by atoms with Crippen LogP contribution < -0.4 is 0 Å². The highest BCUT2D eigenvalue weighted by Crippen LogP contribution is 2.16. The van der Waals surface area contributed by atoms with Crippen molar-refractivity contribution in [2.24, 2.45) is 0 Å². The molecule has 0 aliphatic rings. The zero-order valence-corrected chi connectivity index (χ0v) is 15.3. The van der Waals surface area contributed by atoms with Crippen molar-refractivity contribution in [2.45, 2.75) is 26.7 Å². The number of halogens is 1. The summed E-state index contributed by atoms with van der Waals surface area (Å²) in [6.07, 6.45) is 4.51. The Morgan fingerprint density at radius 2 is 2.07 bits per heavy atom. The van der Waals surface area contributed by atoms with Gasteiger partial charge in [-0.15, -0.1) is 0 Å². The first-order valence-corrected chi connectivity index (χ1v) is 8.29. The molecule has 0 saturated carbocycles. The van der Waals surface area contributed by atoms with Gasteiger partial charge in [0.2, 0.25) is 6.33 Å². The highest BCUT2D eigenvalue weighted by atomic mass is 35.5. The summed E-state index contributed by atoms with van der Waals surface area (Å²) in [4.78, 5) is 27.5. The number of carbonyl (C=O) groups is 1. The average Bonchev–Trinajstić information content (AvgIpc) is 3.35. The van der Waals surface area contributed by atoms with Gasteiger partial charge in [0.05, 0.1) is 11.6 Å². The Labute approximate surface area is 158 Å². The fourth-order valence-electron chi connectivity index (χ4n) is 2.34. The molecule has 0 aliphatic heterocycles. The van der Waals surface area contributed by atoms with E-state index in [4.69, 9.17) is 11.6 Å². The Morgan fingerprint density at radius 3 is 2.70 bits per heavy atom. The Hall–Kier alpha value is -3.28. The average molecular weight is 394 g/mol. The molecule has 0 bridgehead atoms. The summed E-state index contributed by atoms with van der Waals surface area (Å²) in [6.45, 7) is 2.96. The lowest BCUT2D eigenvalue weighted by atomic mass is 10.3. The van der Waals surface area contributed by atoms with E-state index in [-0.39, 0.29) is 24.8 Å². The van der Waals surface area contributed by atoms with Crippen LogP contribution in [0.2, 0.25) is 5.02 Å². The van der Waals surface area contributed by atoms with Gasteiger partial charge in [0.25, 0.3) is 5.91 Å². The van der Waals surface area contributed by atoms with Gasteiger partial charge >= 0.3 is 5.95 Å². The third-order valence-corrected chi connectivity index (χ3v) is 4.00. The van der Waals surface area contributed by atoms with Gasteiger partial charge in [-0.1, -0.05) is 16.6 Å². The normalized spacial score (nSPS) is 10.9. The summed E-state index contributed by atoms with van der Waals surface area (Å²) in [5, 5.41) is 23.3. The summed E-state index contributed by atoms with van der Waals surface area (Å²) in [6, 6.07) is 1.55. The molecule has 13 heteroatoms. The molecule has 0 saturated heterocycles. The van der Waals surface area contributed by atoms with E-state index < -0.39 is 10.9 Å². The van der Waals surface area contributed by atoms with Crippen molar-refractivity contribution in [3.05, 3.63) is 51.3 Å². The van der Waals surface area contributed by atoms with Crippen LogP contribution in [0.3, 0.4) is 0 Å². The second kappa shape index (κ2) is 7.53. The molecule has 3 aromatic heterocycles. The van der Waals surface area contributed by atoms with Crippen molar-refractivity contribution in [1.82, 2.24) is 39.2 Å². The molecule has 3 heterocycles. The quantitative estimate of drug-likeness (QED) is 0.432. The molecule has 0 unspecified atom stereocenters. The highest BCUT2D eigenvalue weighted by Gasteiger charge is 2.19. The van der Waals surface area contributed by atoms with E-state index in [1.807, 2.05) is 6.92 Å². The monoisotopic (exact) mass is 393 g/mol. The predicted molar refractivity (Wildman–Crippen MR) is 93.0 cm³/mol. The molecule has 142 valence electrons. The minimum absolute atomic E-state index is 0.0879. The van der Waals surface area contributed by atoms with Gasteiger partial charge in [-0.25, -0.2) is 4.68 Å². The Balaban J connectivity index is 1.66. The molecule has 0 spiro atoms. The van der Waals surface area contributed by atoms with E-state index in [0.29, 0.717) is 17.3 Å². The number of hydrogen-bond donors (Lipinski definition) is 0. The van der Waals surface area contributed by atoms with Crippen molar-refractivity contribution in [3.63, 3.8) is 0 Å². The fraction of sp³-hybridized carbons (Fsp3) is 0.357. The summed E-state index contributed by atoms with van der Waals surface area (Å²) in [5.74, 6) is -0.804. The van der Waals surface area contributed by atoms with Crippen LogP contribution in [-0.4, -0.2) is 57.1 Å². The number of amides is 1. The first kappa shape index (κ1) is 18.5. The minimum atomic E-state index is -0.686. The number of aromatic nitrogens is 7. The van der Waals surface area contributed by atoms with Gasteiger partial charge in [0.15, 0.2) is 6.67 Å². The van der Waals surface area contributed by atoms with E-state index >= 15 is 0 Å². The van der Waals surface area contributed by atoms with Crippen molar-refractivity contribution in [1.29, 1.82) is 0 Å². The molecule has 27 heavy (non-hydrogen) atoms. The summed E-state index contributed by atoms with van der Waals surface area (Å²) in [7, 11) is 1.63. The topological polar surface area (TPSA) is 130 Å². The largest absolute Gasteiger partial charge is 0.491 e. The lowest BCUT2D eigenvalue weighted by molar-refractivity contribution is -0.394. The molecule has 3 aromatic rings. The van der Waals surface area contributed by atoms with Crippen molar-refractivity contribution in [2.75, 3.05) is 7.05 Å². The maximum atomic E-state index is 12.5. The number of carbonyl (C=O) groups excluding carboxylic acids is 1. The van der Waals surface area contributed by atoms with Crippen molar-refractivity contribution < 1.29 is 9.72 Å². The van der Waals surface area contributed by atoms with Crippen LogP contribution in [0.25, 0.3) is 0 Å². The fourth-order valence-corrected chi connectivity index (χ4v) is 2.55. The Morgan fingerprint density at radius 1 is 1.30 bits per heavy atom. The number of nitro groups is 1. The van der Waals surface area contributed by atoms with E-state index in [2.05, 4.69) is 20.3 Å².